The number of benzene rings is 2. The third-order valence-corrected chi connectivity index (χ3v) is 2.99. The number of anilines is 2. The highest BCUT2D eigenvalue weighted by Crippen LogP contribution is 2.28. The molecule has 0 aliphatic heterocycles. The third-order valence-electron chi connectivity index (χ3n) is 2.99. The molecule has 17 heavy (non-hydrogen) atoms. The fourth-order valence-corrected chi connectivity index (χ4v) is 2.02. The number of hydrogen-bond acceptors (Lipinski definition) is 2. The summed E-state index contributed by atoms with van der Waals surface area (Å²) in [6.07, 6.45) is 0. The van der Waals surface area contributed by atoms with E-state index in [1.807, 2.05) is 12.1 Å². The lowest BCUT2D eigenvalue weighted by atomic mass is 10.1. The van der Waals surface area contributed by atoms with Crippen LogP contribution in [0.5, 0.6) is 0 Å². The monoisotopic (exact) mass is 226 g/mol. The first-order valence-electron chi connectivity index (χ1n) is 5.77. The van der Waals surface area contributed by atoms with Gasteiger partial charge in [-0.25, -0.2) is 5.84 Å². The lowest BCUT2D eigenvalue weighted by Crippen LogP contribution is -2.26. The molecule has 2 rings (SSSR count). The summed E-state index contributed by atoms with van der Waals surface area (Å²) in [6, 6.07) is 14.4. The highest BCUT2D eigenvalue weighted by molar-refractivity contribution is 5.68. The first kappa shape index (κ1) is 11.7. The van der Waals surface area contributed by atoms with Gasteiger partial charge in [-0.3, -0.25) is 5.01 Å². The molecule has 0 unspecified atom stereocenters. The third kappa shape index (κ3) is 2.32. The zero-order chi connectivity index (χ0) is 12.4. The van der Waals surface area contributed by atoms with Gasteiger partial charge in [-0.15, -0.1) is 0 Å². The quantitative estimate of drug-likeness (QED) is 0.626. The molecule has 2 aromatic carbocycles. The van der Waals surface area contributed by atoms with Gasteiger partial charge in [0.1, 0.15) is 0 Å². The maximum Gasteiger partial charge on any atom is 0.0633 e. The molecule has 0 aromatic heterocycles. The second-order valence-corrected chi connectivity index (χ2v) is 4.45. The normalized spacial score (nSPS) is 10.4. The molecule has 0 saturated carbocycles. The van der Waals surface area contributed by atoms with Crippen molar-refractivity contribution in [3.05, 3.63) is 59.2 Å². The predicted octanol–water partition coefficient (Wildman–Crippen LogP) is 3.62. The topological polar surface area (TPSA) is 29.3 Å². The molecule has 2 aromatic rings. The van der Waals surface area contributed by atoms with Crippen molar-refractivity contribution in [3.63, 3.8) is 0 Å². The Bertz CT molecular complexity index is 495. The van der Waals surface area contributed by atoms with Gasteiger partial charge in [-0.2, -0.15) is 0 Å². The second-order valence-electron chi connectivity index (χ2n) is 4.45. The fourth-order valence-electron chi connectivity index (χ4n) is 2.02. The maximum absolute atomic E-state index is 6.20. The first-order chi connectivity index (χ1) is 8.09. The van der Waals surface area contributed by atoms with E-state index in [1.165, 1.54) is 16.7 Å². The summed E-state index contributed by atoms with van der Waals surface area (Å²) in [4.78, 5) is 0. The zero-order valence-electron chi connectivity index (χ0n) is 10.6. The van der Waals surface area contributed by atoms with E-state index >= 15 is 0 Å². The molecule has 0 saturated heterocycles. The molecular formula is C15H18N2. The molecule has 88 valence electrons. The summed E-state index contributed by atoms with van der Waals surface area (Å²) in [5.74, 6) is 6.20. The van der Waals surface area contributed by atoms with Crippen LogP contribution in [-0.2, 0) is 0 Å². The van der Waals surface area contributed by atoms with Crippen molar-refractivity contribution >= 4 is 11.4 Å². The van der Waals surface area contributed by atoms with Gasteiger partial charge < -0.3 is 0 Å². The lowest BCUT2D eigenvalue weighted by Gasteiger charge is -2.23. The summed E-state index contributed by atoms with van der Waals surface area (Å²) in [7, 11) is 0. The van der Waals surface area contributed by atoms with Gasteiger partial charge in [-0.1, -0.05) is 35.9 Å². The Labute approximate surface area is 103 Å². The first-order valence-corrected chi connectivity index (χ1v) is 5.77. The average Bonchev–Trinajstić information content (AvgIpc) is 2.29. The highest BCUT2D eigenvalue weighted by atomic mass is 15.4. The van der Waals surface area contributed by atoms with E-state index in [4.69, 9.17) is 5.84 Å². The Hall–Kier alpha value is -1.80. The zero-order valence-corrected chi connectivity index (χ0v) is 10.6. The van der Waals surface area contributed by atoms with E-state index in [9.17, 15) is 0 Å². The van der Waals surface area contributed by atoms with Crippen molar-refractivity contribution in [2.45, 2.75) is 20.8 Å². The Morgan fingerprint density at radius 3 is 1.88 bits per heavy atom. The minimum absolute atomic E-state index is 1.01. The van der Waals surface area contributed by atoms with Crippen molar-refractivity contribution in [2.75, 3.05) is 5.01 Å². The lowest BCUT2D eigenvalue weighted by molar-refractivity contribution is 1.06. The van der Waals surface area contributed by atoms with Gasteiger partial charge in [0.25, 0.3) is 0 Å². The summed E-state index contributed by atoms with van der Waals surface area (Å²) < 4.78 is 0. The Balaban J connectivity index is 2.43. The molecule has 0 aliphatic carbocycles. The van der Waals surface area contributed by atoms with Crippen LogP contribution in [-0.4, -0.2) is 0 Å². The van der Waals surface area contributed by atoms with Crippen LogP contribution in [0.1, 0.15) is 16.7 Å². The van der Waals surface area contributed by atoms with Crippen molar-refractivity contribution in [1.29, 1.82) is 0 Å². The summed E-state index contributed by atoms with van der Waals surface area (Å²) >= 11 is 0. The molecule has 0 fully saturated rings. The van der Waals surface area contributed by atoms with E-state index in [-0.39, 0.29) is 0 Å². The molecule has 0 bridgehead atoms. The van der Waals surface area contributed by atoms with E-state index in [0.717, 1.165) is 11.4 Å². The summed E-state index contributed by atoms with van der Waals surface area (Å²) in [5.41, 5.74) is 5.70. The van der Waals surface area contributed by atoms with Gasteiger partial charge in [0, 0.05) is 0 Å². The number of hydrogen-bond donors (Lipinski definition) is 1. The van der Waals surface area contributed by atoms with Gasteiger partial charge in [-0.05, 0) is 44.0 Å². The van der Waals surface area contributed by atoms with Crippen molar-refractivity contribution in [1.82, 2.24) is 0 Å². The fraction of sp³-hybridized carbons (Fsp3) is 0.200. The predicted molar refractivity (Wildman–Crippen MR) is 73.4 cm³/mol. The van der Waals surface area contributed by atoms with Gasteiger partial charge in [0.15, 0.2) is 0 Å². The van der Waals surface area contributed by atoms with Crippen LogP contribution in [0.4, 0.5) is 11.4 Å². The van der Waals surface area contributed by atoms with E-state index in [2.05, 4.69) is 51.1 Å². The largest absolute Gasteiger partial charge is 0.279 e. The van der Waals surface area contributed by atoms with Crippen LogP contribution in [0, 0.1) is 20.8 Å². The molecule has 0 radical (unpaired) electrons. The minimum atomic E-state index is 1.01. The number of hydrazine groups is 1. The van der Waals surface area contributed by atoms with Crippen LogP contribution >= 0.6 is 0 Å². The highest BCUT2D eigenvalue weighted by Gasteiger charge is 2.09. The van der Waals surface area contributed by atoms with Crippen LogP contribution < -0.4 is 10.9 Å². The molecule has 0 heterocycles. The minimum Gasteiger partial charge on any atom is -0.279 e. The molecule has 0 atom stereocenters. The van der Waals surface area contributed by atoms with Crippen LogP contribution in [0.2, 0.25) is 0 Å². The van der Waals surface area contributed by atoms with Crippen LogP contribution in [0.15, 0.2) is 42.5 Å². The van der Waals surface area contributed by atoms with Crippen LogP contribution in [0.3, 0.4) is 0 Å². The van der Waals surface area contributed by atoms with E-state index < -0.39 is 0 Å². The van der Waals surface area contributed by atoms with Crippen LogP contribution in [0.25, 0.3) is 0 Å². The molecule has 0 spiro atoms. The smallest absolute Gasteiger partial charge is 0.0633 e. The number of para-hydroxylation sites is 1. The van der Waals surface area contributed by atoms with E-state index in [1.54, 1.807) is 5.01 Å². The number of nitrogens with zero attached hydrogens (tertiary/aromatic N) is 1. The standard InChI is InChI=1S/C15H18N2/c1-11-7-9-14(10-8-11)17(16)15-12(2)5-4-6-13(15)3/h4-10H,16H2,1-3H3. The summed E-state index contributed by atoms with van der Waals surface area (Å²) in [6.45, 7) is 6.23. The Kier molecular flexibility index (Phi) is 3.16. The van der Waals surface area contributed by atoms with Crippen molar-refractivity contribution < 1.29 is 0 Å². The molecule has 2 nitrogen and oxygen atoms in total. The van der Waals surface area contributed by atoms with Gasteiger partial charge in [0.05, 0.1) is 11.4 Å². The van der Waals surface area contributed by atoms with Gasteiger partial charge >= 0.3 is 0 Å². The number of rotatable bonds is 2. The Morgan fingerprint density at radius 1 is 0.824 bits per heavy atom. The SMILES string of the molecule is Cc1ccc(N(N)c2c(C)cccc2C)cc1. The number of aryl methyl sites for hydroxylation is 3. The molecule has 0 aliphatic rings. The summed E-state index contributed by atoms with van der Waals surface area (Å²) in [5, 5.41) is 1.75. The number of nitrogens with two attached hydrogens (primary N) is 1. The van der Waals surface area contributed by atoms with Crippen molar-refractivity contribution in [2.24, 2.45) is 5.84 Å². The molecule has 2 N–H and O–H groups in total. The van der Waals surface area contributed by atoms with Gasteiger partial charge in [0.2, 0.25) is 0 Å². The molecular weight excluding hydrogens is 208 g/mol. The molecule has 0 amide bonds. The second kappa shape index (κ2) is 4.60. The molecule has 2 heteroatoms. The van der Waals surface area contributed by atoms with Crippen molar-refractivity contribution in [3.8, 4) is 0 Å². The van der Waals surface area contributed by atoms with E-state index in [0.29, 0.717) is 0 Å². The maximum atomic E-state index is 6.20. The Morgan fingerprint density at radius 2 is 1.35 bits per heavy atom. The average molecular weight is 226 g/mol.